The van der Waals surface area contributed by atoms with Crippen molar-refractivity contribution < 1.29 is 14.7 Å². The van der Waals surface area contributed by atoms with Crippen LogP contribution in [0.2, 0.25) is 0 Å². The second-order valence-electron chi connectivity index (χ2n) is 4.97. The molecule has 1 fully saturated rings. The maximum atomic E-state index is 12.2. The summed E-state index contributed by atoms with van der Waals surface area (Å²) in [7, 11) is 0. The van der Waals surface area contributed by atoms with Gasteiger partial charge in [0.15, 0.2) is 5.69 Å². The molecule has 2 rings (SSSR count). The Hall–Kier alpha value is -2.11. The van der Waals surface area contributed by atoms with E-state index < -0.39 is 5.97 Å². The quantitative estimate of drug-likeness (QED) is 0.866. The Balaban J connectivity index is 2.03. The smallest absolute Gasteiger partial charge is 0.356 e. The number of hydrogen-bond donors (Lipinski definition) is 2. The van der Waals surface area contributed by atoms with Gasteiger partial charge in [-0.3, -0.25) is 0 Å². The molecule has 0 aliphatic heterocycles. The highest BCUT2D eigenvalue weighted by molar-refractivity contribution is 5.98. The summed E-state index contributed by atoms with van der Waals surface area (Å²) >= 11 is 0. The van der Waals surface area contributed by atoms with Crippen molar-refractivity contribution in [1.29, 1.82) is 0 Å². The Morgan fingerprint density at radius 1 is 1.50 bits per heavy atom. The van der Waals surface area contributed by atoms with Crippen molar-refractivity contribution in [2.45, 2.75) is 26.2 Å². The van der Waals surface area contributed by atoms with Crippen molar-refractivity contribution in [3.63, 3.8) is 0 Å². The Kier molecular flexibility index (Phi) is 4.55. The number of carboxylic acid groups (broad SMARTS) is 1. The van der Waals surface area contributed by atoms with Crippen molar-refractivity contribution in [3.05, 3.63) is 24.0 Å². The molecule has 1 saturated carbocycles. The van der Waals surface area contributed by atoms with Crippen LogP contribution in [0.25, 0.3) is 0 Å². The highest BCUT2D eigenvalue weighted by Crippen LogP contribution is 2.27. The lowest BCUT2D eigenvalue weighted by molar-refractivity contribution is 0.0691. The minimum Gasteiger partial charge on any atom is -0.476 e. The van der Waals surface area contributed by atoms with Gasteiger partial charge in [-0.1, -0.05) is 6.42 Å². The van der Waals surface area contributed by atoms with E-state index in [2.05, 4.69) is 10.3 Å². The molecule has 0 spiro atoms. The molecule has 2 amide bonds. The van der Waals surface area contributed by atoms with Gasteiger partial charge in [0.05, 0.1) is 5.69 Å². The fourth-order valence-electron chi connectivity index (χ4n) is 2.21. The predicted octanol–water partition coefficient (Wildman–Crippen LogP) is 2.43. The molecule has 20 heavy (non-hydrogen) atoms. The van der Waals surface area contributed by atoms with Crippen molar-refractivity contribution in [3.8, 4) is 0 Å². The molecule has 1 aliphatic rings. The molecule has 0 unspecified atom stereocenters. The van der Waals surface area contributed by atoms with Gasteiger partial charge in [-0.15, -0.1) is 0 Å². The number of amides is 2. The maximum absolute atomic E-state index is 12.2. The van der Waals surface area contributed by atoms with Crippen LogP contribution in [0.1, 0.15) is 36.7 Å². The van der Waals surface area contributed by atoms with Crippen molar-refractivity contribution in [1.82, 2.24) is 9.88 Å². The number of rotatable bonds is 5. The highest BCUT2D eigenvalue weighted by Gasteiger charge is 2.23. The second-order valence-corrected chi connectivity index (χ2v) is 4.97. The monoisotopic (exact) mass is 277 g/mol. The van der Waals surface area contributed by atoms with E-state index in [1.165, 1.54) is 12.6 Å². The molecule has 0 saturated heterocycles. The molecule has 0 bridgehead atoms. The fourth-order valence-corrected chi connectivity index (χ4v) is 2.21. The third kappa shape index (κ3) is 3.26. The van der Waals surface area contributed by atoms with E-state index >= 15 is 0 Å². The van der Waals surface area contributed by atoms with Crippen LogP contribution in [0, 0.1) is 5.92 Å². The summed E-state index contributed by atoms with van der Waals surface area (Å²) in [6, 6.07) is 2.88. The average Bonchev–Trinajstić information content (AvgIpc) is 2.38. The molecule has 1 heterocycles. The SMILES string of the molecule is CCN(CC1CCC1)C(=O)Nc1cccnc1C(=O)O. The van der Waals surface area contributed by atoms with E-state index in [0.717, 1.165) is 19.4 Å². The van der Waals surface area contributed by atoms with Gasteiger partial charge in [-0.2, -0.15) is 0 Å². The summed E-state index contributed by atoms with van der Waals surface area (Å²) in [4.78, 5) is 28.7. The van der Waals surface area contributed by atoms with Crippen LogP contribution in [-0.4, -0.2) is 40.1 Å². The number of carboxylic acids is 1. The number of nitrogens with one attached hydrogen (secondary N) is 1. The van der Waals surface area contributed by atoms with Crippen molar-refractivity contribution in [2.75, 3.05) is 18.4 Å². The summed E-state index contributed by atoms with van der Waals surface area (Å²) in [5.41, 5.74) is 0.0950. The molecule has 6 nitrogen and oxygen atoms in total. The minimum absolute atomic E-state index is 0.138. The standard InChI is InChI=1S/C14H19N3O3/c1-2-17(9-10-5-3-6-10)14(20)16-11-7-4-8-15-12(11)13(18)19/h4,7-8,10H,2-3,5-6,9H2,1H3,(H,16,20)(H,18,19). The number of aromatic carboxylic acids is 1. The van der Waals surface area contributed by atoms with E-state index in [-0.39, 0.29) is 17.4 Å². The topological polar surface area (TPSA) is 82.5 Å². The third-order valence-corrected chi connectivity index (χ3v) is 3.62. The lowest BCUT2D eigenvalue weighted by atomic mass is 9.85. The molecular weight excluding hydrogens is 258 g/mol. The Labute approximate surface area is 117 Å². The molecular formula is C14H19N3O3. The fraction of sp³-hybridized carbons (Fsp3) is 0.500. The lowest BCUT2D eigenvalue weighted by Gasteiger charge is -2.31. The van der Waals surface area contributed by atoms with Crippen LogP contribution >= 0.6 is 0 Å². The Morgan fingerprint density at radius 2 is 2.25 bits per heavy atom. The molecule has 0 aromatic carbocycles. The number of pyridine rings is 1. The van der Waals surface area contributed by atoms with Crippen LogP contribution in [0.4, 0.5) is 10.5 Å². The zero-order valence-electron chi connectivity index (χ0n) is 11.5. The van der Waals surface area contributed by atoms with Gasteiger partial charge in [-0.05, 0) is 37.8 Å². The summed E-state index contributed by atoms with van der Waals surface area (Å²) in [6.07, 6.45) is 4.95. The first-order chi connectivity index (χ1) is 9.61. The number of aromatic nitrogens is 1. The number of carbonyl (C=O) groups excluding carboxylic acids is 1. The molecule has 108 valence electrons. The molecule has 0 atom stereocenters. The van der Waals surface area contributed by atoms with Crippen molar-refractivity contribution >= 4 is 17.7 Å². The zero-order chi connectivity index (χ0) is 14.5. The van der Waals surface area contributed by atoms with E-state index in [0.29, 0.717) is 12.5 Å². The molecule has 2 N–H and O–H groups in total. The first kappa shape index (κ1) is 14.3. The number of carbonyl (C=O) groups is 2. The molecule has 1 aromatic heterocycles. The zero-order valence-corrected chi connectivity index (χ0v) is 11.5. The van der Waals surface area contributed by atoms with Crippen LogP contribution in [0.3, 0.4) is 0 Å². The first-order valence-corrected chi connectivity index (χ1v) is 6.86. The normalized spacial score (nSPS) is 14.4. The van der Waals surface area contributed by atoms with E-state index in [4.69, 9.17) is 5.11 Å². The van der Waals surface area contributed by atoms with E-state index in [1.807, 2.05) is 6.92 Å². The van der Waals surface area contributed by atoms with Gasteiger partial charge in [0, 0.05) is 19.3 Å². The predicted molar refractivity (Wildman–Crippen MR) is 74.8 cm³/mol. The van der Waals surface area contributed by atoms with E-state index in [9.17, 15) is 9.59 Å². The summed E-state index contributed by atoms with van der Waals surface area (Å²) < 4.78 is 0. The number of hydrogen-bond acceptors (Lipinski definition) is 3. The second kappa shape index (κ2) is 6.36. The van der Waals surface area contributed by atoms with Gasteiger partial charge in [0.25, 0.3) is 0 Å². The van der Waals surface area contributed by atoms with Gasteiger partial charge in [-0.25, -0.2) is 14.6 Å². The maximum Gasteiger partial charge on any atom is 0.356 e. The Bertz CT molecular complexity index is 500. The van der Waals surface area contributed by atoms with Gasteiger partial charge >= 0.3 is 12.0 Å². The van der Waals surface area contributed by atoms with Crippen LogP contribution in [0.15, 0.2) is 18.3 Å². The lowest BCUT2D eigenvalue weighted by Crippen LogP contribution is -2.40. The van der Waals surface area contributed by atoms with Gasteiger partial charge in [0.1, 0.15) is 0 Å². The van der Waals surface area contributed by atoms with Crippen LogP contribution in [-0.2, 0) is 0 Å². The molecule has 1 aliphatic carbocycles. The summed E-state index contributed by atoms with van der Waals surface area (Å²) in [6.45, 7) is 3.25. The number of anilines is 1. The van der Waals surface area contributed by atoms with Gasteiger partial charge in [0.2, 0.25) is 0 Å². The first-order valence-electron chi connectivity index (χ1n) is 6.86. The van der Waals surface area contributed by atoms with Crippen LogP contribution in [0.5, 0.6) is 0 Å². The third-order valence-electron chi connectivity index (χ3n) is 3.62. The number of nitrogens with zero attached hydrogens (tertiary/aromatic N) is 2. The summed E-state index contributed by atoms with van der Waals surface area (Å²) in [5.74, 6) is -0.573. The van der Waals surface area contributed by atoms with Crippen molar-refractivity contribution in [2.24, 2.45) is 5.92 Å². The largest absolute Gasteiger partial charge is 0.476 e. The highest BCUT2D eigenvalue weighted by atomic mass is 16.4. The minimum atomic E-state index is -1.15. The molecule has 0 radical (unpaired) electrons. The van der Waals surface area contributed by atoms with Crippen LogP contribution < -0.4 is 5.32 Å². The summed E-state index contributed by atoms with van der Waals surface area (Å²) in [5, 5.41) is 11.7. The molecule has 1 aromatic rings. The number of urea groups is 1. The van der Waals surface area contributed by atoms with E-state index in [1.54, 1.807) is 17.0 Å². The molecule has 6 heteroatoms. The Morgan fingerprint density at radius 3 is 2.80 bits per heavy atom. The van der Waals surface area contributed by atoms with Gasteiger partial charge < -0.3 is 15.3 Å². The average molecular weight is 277 g/mol.